The summed E-state index contributed by atoms with van der Waals surface area (Å²) in [7, 11) is 0. The molecule has 6 nitrogen and oxygen atoms in total. The van der Waals surface area contributed by atoms with Gasteiger partial charge in [0, 0.05) is 11.6 Å². The topological polar surface area (TPSA) is 84.3 Å². The molecule has 1 aromatic carbocycles. The molecule has 2 atom stereocenters. The van der Waals surface area contributed by atoms with Gasteiger partial charge in [0.1, 0.15) is 0 Å². The summed E-state index contributed by atoms with van der Waals surface area (Å²) in [6.45, 7) is 4.40. The summed E-state index contributed by atoms with van der Waals surface area (Å²) in [6, 6.07) is 4.67. The Morgan fingerprint density at radius 3 is 2.81 bits per heavy atom. The summed E-state index contributed by atoms with van der Waals surface area (Å²) in [5, 5.41) is 17.0. The molecule has 0 saturated carbocycles. The Morgan fingerprint density at radius 1 is 1.52 bits per heavy atom. The van der Waals surface area contributed by atoms with Crippen LogP contribution in [-0.2, 0) is 4.79 Å². The number of nitro groups is 1. The number of rotatable bonds is 4. The first-order valence-electron chi connectivity index (χ1n) is 6.77. The fraction of sp³-hybridized carbons (Fsp3) is 0.500. The molecule has 1 amide bonds. The van der Waals surface area contributed by atoms with E-state index in [2.05, 4.69) is 10.6 Å². The van der Waals surface area contributed by atoms with Gasteiger partial charge in [0.25, 0.3) is 5.69 Å². The molecule has 0 spiro atoms. The molecule has 0 aliphatic carbocycles. The molecule has 1 aliphatic rings. The predicted octanol–water partition coefficient (Wildman–Crippen LogP) is 2.25. The van der Waals surface area contributed by atoms with Crippen molar-refractivity contribution in [1.29, 1.82) is 0 Å². The lowest BCUT2D eigenvalue weighted by Gasteiger charge is -2.17. The van der Waals surface area contributed by atoms with Crippen molar-refractivity contribution in [2.45, 2.75) is 38.8 Å². The molecule has 0 bridgehead atoms. The Bertz CT molecular complexity index is 530. The van der Waals surface area contributed by atoms with E-state index in [-0.39, 0.29) is 36.1 Å². The van der Waals surface area contributed by atoms with E-state index in [1.807, 2.05) is 13.0 Å². The number of amides is 1. The molecule has 0 aromatic heterocycles. The van der Waals surface area contributed by atoms with E-state index in [0.717, 1.165) is 24.9 Å². The molecule has 1 aliphatic heterocycles. The van der Waals surface area contributed by atoms with E-state index < -0.39 is 4.92 Å². The lowest BCUT2D eigenvalue weighted by molar-refractivity contribution is -0.385. The van der Waals surface area contributed by atoms with Crippen molar-refractivity contribution in [3.8, 4) is 0 Å². The second-order valence-electron chi connectivity index (χ2n) is 5.18. The number of nitrogens with zero attached hydrogens (tertiary/aromatic N) is 1. The Kier molecular flexibility index (Phi) is 6.11. The monoisotopic (exact) mass is 313 g/mol. The van der Waals surface area contributed by atoms with Gasteiger partial charge < -0.3 is 10.6 Å². The van der Waals surface area contributed by atoms with Gasteiger partial charge in [-0.1, -0.05) is 12.1 Å². The highest BCUT2D eigenvalue weighted by molar-refractivity contribution is 5.85. The zero-order chi connectivity index (χ0) is 14.7. The maximum atomic E-state index is 12.0. The molecule has 1 heterocycles. The van der Waals surface area contributed by atoms with E-state index >= 15 is 0 Å². The molecule has 0 radical (unpaired) electrons. The molecule has 2 N–H and O–H groups in total. The number of hydrogen-bond acceptors (Lipinski definition) is 4. The number of carbonyl (C=O) groups excluding carboxylic acids is 1. The van der Waals surface area contributed by atoms with E-state index in [0.29, 0.717) is 5.56 Å². The summed E-state index contributed by atoms with van der Waals surface area (Å²) in [5.74, 6) is -0.0433. The molecular formula is C14H20ClN3O3. The average molecular weight is 314 g/mol. The molecule has 1 aromatic rings. The Labute approximate surface area is 129 Å². The van der Waals surface area contributed by atoms with Gasteiger partial charge in [-0.2, -0.15) is 0 Å². The molecule has 7 heteroatoms. The van der Waals surface area contributed by atoms with Gasteiger partial charge in [0.2, 0.25) is 5.91 Å². The highest BCUT2D eigenvalue weighted by Gasteiger charge is 2.24. The largest absolute Gasteiger partial charge is 0.348 e. The lowest BCUT2D eigenvalue weighted by atomic mass is 10.0. The zero-order valence-electron chi connectivity index (χ0n) is 12.1. The van der Waals surface area contributed by atoms with Crippen molar-refractivity contribution < 1.29 is 9.72 Å². The summed E-state index contributed by atoms with van der Waals surface area (Å²) in [5.41, 5.74) is 1.45. The van der Waals surface area contributed by atoms with Crippen LogP contribution in [0.3, 0.4) is 0 Å². The fourth-order valence-corrected chi connectivity index (χ4v) is 2.40. The summed E-state index contributed by atoms with van der Waals surface area (Å²) in [4.78, 5) is 22.5. The second kappa shape index (κ2) is 7.38. The third-order valence-corrected chi connectivity index (χ3v) is 3.67. The number of carbonyl (C=O) groups is 1. The van der Waals surface area contributed by atoms with Gasteiger partial charge in [0.05, 0.1) is 17.0 Å². The Morgan fingerprint density at radius 2 is 2.24 bits per heavy atom. The van der Waals surface area contributed by atoms with Crippen LogP contribution in [0.1, 0.15) is 36.9 Å². The molecule has 1 fully saturated rings. The van der Waals surface area contributed by atoms with Gasteiger partial charge >= 0.3 is 0 Å². The molecule has 1 saturated heterocycles. The molecular weight excluding hydrogens is 294 g/mol. The summed E-state index contributed by atoms with van der Waals surface area (Å²) in [6.07, 6.45) is 1.84. The van der Waals surface area contributed by atoms with Crippen molar-refractivity contribution in [1.82, 2.24) is 10.6 Å². The first-order valence-corrected chi connectivity index (χ1v) is 6.77. The quantitative estimate of drug-likeness (QED) is 0.659. The number of nitrogens with one attached hydrogen (secondary N) is 2. The first-order chi connectivity index (χ1) is 9.49. The highest BCUT2D eigenvalue weighted by Crippen LogP contribution is 2.23. The molecule has 21 heavy (non-hydrogen) atoms. The van der Waals surface area contributed by atoms with Gasteiger partial charge in [-0.25, -0.2) is 0 Å². The predicted molar refractivity (Wildman–Crippen MR) is 82.7 cm³/mol. The molecule has 116 valence electrons. The van der Waals surface area contributed by atoms with Crippen LogP contribution in [0.4, 0.5) is 5.69 Å². The molecule has 2 unspecified atom stereocenters. The summed E-state index contributed by atoms with van der Waals surface area (Å²) >= 11 is 0. The minimum Gasteiger partial charge on any atom is -0.348 e. The van der Waals surface area contributed by atoms with E-state index in [4.69, 9.17) is 0 Å². The minimum absolute atomic E-state index is 0. The standard InChI is InChI=1S/C14H19N3O3.ClH/c1-9-5-6-11(8-13(9)17(19)20)10(2)16-14(18)12-4-3-7-15-12;/h5-6,8,10,12,15H,3-4,7H2,1-2H3,(H,16,18);1H. The highest BCUT2D eigenvalue weighted by atomic mass is 35.5. The first kappa shape index (κ1) is 17.4. The Hall–Kier alpha value is -1.66. The third kappa shape index (κ3) is 4.15. The smallest absolute Gasteiger partial charge is 0.272 e. The number of nitro benzene ring substituents is 1. The van der Waals surface area contributed by atoms with Crippen molar-refractivity contribution in [3.05, 3.63) is 39.4 Å². The van der Waals surface area contributed by atoms with Crippen molar-refractivity contribution in [2.24, 2.45) is 0 Å². The van der Waals surface area contributed by atoms with Crippen LogP contribution in [0.2, 0.25) is 0 Å². The van der Waals surface area contributed by atoms with Gasteiger partial charge in [0.15, 0.2) is 0 Å². The molecule has 2 rings (SSSR count). The van der Waals surface area contributed by atoms with E-state index in [1.165, 1.54) is 6.07 Å². The Balaban J connectivity index is 0.00000220. The van der Waals surface area contributed by atoms with Crippen LogP contribution in [0.5, 0.6) is 0 Å². The maximum Gasteiger partial charge on any atom is 0.272 e. The van der Waals surface area contributed by atoms with Crippen molar-refractivity contribution in [2.75, 3.05) is 6.54 Å². The number of aryl methyl sites for hydroxylation is 1. The van der Waals surface area contributed by atoms with Crippen LogP contribution >= 0.6 is 12.4 Å². The van der Waals surface area contributed by atoms with Crippen molar-refractivity contribution in [3.63, 3.8) is 0 Å². The fourth-order valence-electron chi connectivity index (χ4n) is 2.40. The maximum absolute atomic E-state index is 12.0. The van der Waals surface area contributed by atoms with Gasteiger partial charge in [-0.3, -0.25) is 14.9 Å². The summed E-state index contributed by atoms with van der Waals surface area (Å²) < 4.78 is 0. The lowest BCUT2D eigenvalue weighted by Crippen LogP contribution is -2.41. The number of halogens is 1. The zero-order valence-corrected chi connectivity index (χ0v) is 12.9. The van der Waals surface area contributed by atoms with Crippen LogP contribution in [0.25, 0.3) is 0 Å². The number of hydrogen-bond donors (Lipinski definition) is 2. The second-order valence-corrected chi connectivity index (χ2v) is 5.18. The van der Waals surface area contributed by atoms with Crippen LogP contribution in [-0.4, -0.2) is 23.4 Å². The SMILES string of the molecule is Cc1ccc(C(C)NC(=O)C2CCCN2)cc1[N+](=O)[O-].Cl. The average Bonchev–Trinajstić information content (AvgIpc) is 2.92. The van der Waals surface area contributed by atoms with E-state index in [1.54, 1.807) is 13.0 Å². The van der Waals surface area contributed by atoms with Gasteiger partial charge in [-0.05, 0) is 38.8 Å². The van der Waals surface area contributed by atoms with Gasteiger partial charge in [-0.15, -0.1) is 12.4 Å². The van der Waals surface area contributed by atoms with Crippen LogP contribution in [0, 0.1) is 17.0 Å². The minimum atomic E-state index is -0.397. The van der Waals surface area contributed by atoms with Crippen molar-refractivity contribution >= 4 is 24.0 Å². The normalized spacial score (nSPS) is 18.7. The number of benzene rings is 1. The van der Waals surface area contributed by atoms with Crippen LogP contribution in [0.15, 0.2) is 18.2 Å². The third-order valence-electron chi connectivity index (χ3n) is 3.67. The van der Waals surface area contributed by atoms with Crippen LogP contribution < -0.4 is 10.6 Å². The van der Waals surface area contributed by atoms with E-state index in [9.17, 15) is 14.9 Å².